The first-order valence-electron chi connectivity index (χ1n) is 12.6. The number of benzene rings is 1. The van der Waals surface area contributed by atoms with Crippen LogP contribution >= 0.6 is 11.3 Å². The monoisotopic (exact) mass is 611 g/mol. The molecule has 2 N–H and O–H groups in total. The molecule has 1 saturated heterocycles. The van der Waals surface area contributed by atoms with E-state index in [1.807, 2.05) is 48.7 Å². The van der Waals surface area contributed by atoms with Crippen LogP contribution in [-0.4, -0.2) is 56.1 Å². The Bertz CT molecular complexity index is 1520. The predicted octanol–water partition coefficient (Wildman–Crippen LogP) is 6.02. The molecule has 0 unspecified atom stereocenters. The number of para-hydroxylation sites is 2. The highest BCUT2D eigenvalue weighted by Gasteiger charge is 2.38. The van der Waals surface area contributed by atoms with E-state index in [9.17, 15) is 36.8 Å². The van der Waals surface area contributed by atoms with Gasteiger partial charge in [-0.25, -0.2) is 18.6 Å². The first kappa shape index (κ1) is 32.2. The number of anilines is 1. The molecule has 1 aliphatic rings. The Hall–Kier alpha value is -4.32. The highest BCUT2D eigenvalue weighted by atomic mass is 32.1. The first-order chi connectivity index (χ1) is 19.7. The minimum atomic E-state index is -5.08. The van der Waals surface area contributed by atoms with Gasteiger partial charge in [0.05, 0.1) is 26.8 Å². The van der Waals surface area contributed by atoms with Crippen LogP contribution in [-0.2, 0) is 16.1 Å². The number of nitrogens with zero attached hydrogens (tertiary/aromatic N) is 4. The topological polar surface area (TPSA) is 128 Å². The summed E-state index contributed by atoms with van der Waals surface area (Å²) < 4.78 is 59.5. The number of aliphatic carboxylic acids is 1. The second kappa shape index (κ2) is 13.6. The van der Waals surface area contributed by atoms with E-state index in [1.54, 1.807) is 11.0 Å². The summed E-state index contributed by atoms with van der Waals surface area (Å²) in [6.07, 6.45) is -4.50. The van der Waals surface area contributed by atoms with Crippen LogP contribution in [0.3, 0.4) is 0 Å². The molecule has 9 nitrogen and oxygen atoms in total. The van der Waals surface area contributed by atoms with Gasteiger partial charge >= 0.3 is 12.1 Å². The van der Waals surface area contributed by atoms with E-state index in [-0.39, 0.29) is 39.1 Å². The molecule has 1 fully saturated rings. The number of halogens is 5. The third-order valence-electron chi connectivity index (χ3n) is 6.07. The molecule has 1 aliphatic heterocycles. The fraction of sp³-hybridized carbons (Fsp3) is 0.370. The van der Waals surface area contributed by atoms with Crippen molar-refractivity contribution < 1.29 is 41.4 Å². The normalized spacial score (nSPS) is 15.5. The van der Waals surface area contributed by atoms with Crippen molar-refractivity contribution in [1.29, 1.82) is 5.26 Å². The van der Waals surface area contributed by atoms with E-state index < -0.39 is 24.5 Å². The molecule has 2 aromatic heterocycles. The molecule has 1 atom stereocenters. The molecule has 2 amide bonds. The van der Waals surface area contributed by atoms with Gasteiger partial charge in [0.2, 0.25) is 5.95 Å². The van der Waals surface area contributed by atoms with Crippen LogP contribution in [0.1, 0.15) is 47.7 Å². The quantitative estimate of drug-likeness (QED) is 0.191. The number of thiophene rings is 1. The fourth-order valence-electron chi connectivity index (χ4n) is 4.26. The van der Waals surface area contributed by atoms with Gasteiger partial charge in [-0.05, 0) is 43.0 Å². The van der Waals surface area contributed by atoms with Crippen LogP contribution in [0.5, 0.6) is 0 Å². The number of carbonyl (C=O) groups excluding carboxylic acids is 2. The molecule has 3 aromatic rings. The highest BCUT2D eigenvalue weighted by Crippen LogP contribution is 2.29. The van der Waals surface area contributed by atoms with Gasteiger partial charge in [0.1, 0.15) is 11.6 Å². The number of alkyl halides is 5. The van der Waals surface area contributed by atoms with Crippen molar-refractivity contribution in [3.63, 3.8) is 0 Å². The number of nitrogens with one attached hydrogen (secondary N) is 1. The number of aromatic nitrogens is 2. The number of rotatable bonds is 7. The molecule has 0 bridgehead atoms. The van der Waals surface area contributed by atoms with Crippen LogP contribution in [0.15, 0.2) is 48.0 Å². The Morgan fingerprint density at radius 1 is 1.21 bits per heavy atom. The molecule has 0 radical (unpaired) electrons. The molecular weight excluding hydrogens is 585 g/mol. The molecule has 1 aromatic carbocycles. The summed E-state index contributed by atoms with van der Waals surface area (Å²) in [5.41, 5.74) is 1.57. The molecule has 42 heavy (non-hydrogen) atoms. The number of nitriles is 1. The Labute approximate surface area is 240 Å². The van der Waals surface area contributed by atoms with Crippen LogP contribution in [0.2, 0.25) is 0 Å². The Balaban J connectivity index is 0.000000616. The van der Waals surface area contributed by atoms with Gasteiger partial charge in [-0.2, -0.15) is 18.4 Å². The molecule has 15 heteroatoms. The summed E-state index contributed by atoms with van der Waals surface area (Å²) in [5.74, 6) is -3.23. The summed E-state index contributed by atoms with van der Waals surface area (Å²) in [6, 6.07) is 11.8. The largest absolute Gasteiger partial charge is 0.490 e. The zero-order valence-electron chi connectivity index (χ0n) is 22.4. The fourth-order valence-corrected chi connectivity index (χ4v) is 5.02. The number of carbonyl (C=O) groups is 3. The van der Waals surface area contributed by atoms with Crippen LogP contribution in [0.25, 0.3) is 11.0 Å². The smallest absolute Gasteiger partial charge is 0.475 e. The number of carboxylic acids is 1. The first-order valence-corrected chi connectivity index (χ1v) is 13.4. The second-order valence-electron chi connectivity index (χ2n) is 9.53. The second-order valence-corrected chi connectivity index (χ2v) is 10.6. The lowest BCUT2D eigenvalue weighted by Gasteiger charge is -2.26. The van der Waals surface area contributed by atoms with E-state index in [0.717, 1.165) is 29.7 Å². The third-order valence-corrected chi connectivity index (χ3v) is 7.16. The van der Waals surface area contributed by atoms with Crippen LogP contribution in [0.4, 0.5) is 27.9 Å². The summed E-state index contributed by atoms with van der Waals surface area (Å²) in [6.45, 7) is 4.74. The molecular formula is C27H26F5N5O4S. The summed E-state index contributed by atoms with van der Waals surface area (Å²) in [5, 5.41) is 19.4. The van der Waals surface area contributed by atoms with Crippen molar-refractivity contribution in [3.05, 3.63) is 57.8 Å². The zero-order chi connectivity index (χ0) is 31.2. The summed E-state index contributed by atoms with van der Waals surface area (Å²) >= 11 is 0.740. The maximum Gasteiger partial charge on any atom is 0.490 e. The molecule has 0 aliphatic carbocycles. The highest BCUT2D eigenvalue weighted by molar-refractivity contribution is 7.14. The molecule has 0 spiro atoms. The minimum Gasteiger partial charge on any atom is -0.475 e. The van der Waals surface area contributed by atoms with Gasteiger partial charge in [-0.15, -0.1) is 11.3 Å². The third kappa shape index (κ3) is 7.90. The van der Waals surface area contributed by atoms with Crippen molar-refractivity contribution in [2.45, 2.75) is 51.9 Å². The molecule has 224 valence electrons. The number of allylic oxidation sites excluding steroid dienone is 1. The zero-order valence-corrected chi connectivity index (χ0v) is 23.2. The number of likely N-dealkylation sites (tertiary alicyclic amines) is 1. The van der Waals surface area contributed by atoms with E-state index in [1.165, 1.54) is 12.1 Å². The van der Waals surface area contributed by atoms with Gasteiger partial charge in [0, 0.05) is 13.1 Å². The average Bonchev–Trinajstić information content (AvgIpc) is 3.66. The van der Waals surface area contributed by atoms with Gasteiger partial charge in [0.25, 0.3) is 18.2 Å². The minimum absolute atomic E-state index is 0.0666. The number of hydrogen-bond donors (Lipinski definition) is 2. The number of imidazole rings is 1. The van der Waals surface area contributed by atoms with Crippen LogP contribution in [0, 0.1) is 17.2 Å². The SMILES string of the molecule is CC(C)C=C(C#N)C(=O)N1CCC[C@H]1Cn1c(NC(=O)c2ccc(C(F)F)s2)nc2ccccc21.O=C(O)C(F)(F)F. The van der Waals surface area contributed by atoms with E-state index in [0.29, 0.717) is 18.6 Å². The number of carboxylic acid groups (broad SMARTS) is 1. The van der Waals surface area contributed by atoms with Crippen molar-refractivity contribution in [2.24, 2.45) is 5.92 Å². The van der Waals surface area contributed by atoms with Crippen molar-refractivity contribution >= 4 is 46.1 Å². The number of fused-ring (bicyclic) bond motifs is 1. The maximum atomic E-state index is 13.1. The molecule has 3 heterocycles. The van der Waals surface area contributed by atoms with Gasteiger partial charge in [0.15, 0.2) is 0 Å². The van der Waals surface area contributed by atoms with Crippen LogP contribution < -0.4 is 5.32 Å². The summed E-state index contributed by atoms with van der Waals surface area (Å²) in [4.78, 5) is 41.1. The van der Waals surface area contributed by atoms with Crippen molar-refractivity contribution in [3.8, 4) is 6.07 Å². The molecule has 4 rings (SSSR count). The molecule has 0 saturated carbocycles. The standard InChI is InChI=1S/C25H25F2N5O2S.C2HF3O2/c1-15(2)12-16(13-28)24(34)31-11-5-6-17(31)14-32-19-8-4-3-7-18(19)29-25(32)30-23(33)21-10-9-20(35-21)22(26)27;3-2(4,5)1(6)7/h3-4,7-10,12,15,17,22H,5-6,11,14H2,1-2H3,(H,29,30,33);(H,6,7)/t17-;/m0./s1. The summed E-state index contributed by atoms with van der Waals surface area (Å²) in [7, 11) is 0. The lowest BCUT2D eigenvalue weighted by molar-refractivity contribution is -0.192. The van der Waals surface area contributed by atoms with E-state index in [4.69, 9.17) is 9.90 Å². The lowest BCUT2D eigenvalue weighted by atomic mass is 10.1. The number of amides is 2. The Morgan fingerprint density at radius 2 is 1.88 bits per heavy atom. The van der Waals surface area contributed by atoms with Crippen molar-refractivity contribution in [2.75, 3.05) is 11.9 Å². The van der Waals surface area contributed by atoms with Crippen molar-refractivity contribution in [1.82, 2.24) is 14.5 Å². The van der Waals surface area contributed by atoms with Gasteiger partial charge < -0.3 is 14.6 Å². The Morgan fingerprint density at radius 3 is 2.45 bits per heavy atom. The lowest BCUT2D eigenvalue weighted by Crippen LogP contribution is -2.39. The van der Waals surface area contributed by atoms with E-state index in [2.05, 4.69) is 10.3 Å². The average molecular weight is 612 g/mol. The Kier molecular flexibility index (Phi) is 10.4. The van der Waals surface area contributed by atoms with Gasteiger partial charge in [-0.3, -0.25) is 14.9 Å². The van der Waals surface area contributed by atoms with Gasteiger partial charge in [-0.1, -0.05) is 32.1 Å². The van der Waals surface area contributed by atoms with E-state index >= 15 is 0 Å². The predicted molar refractivity (Wildman–Crippen MR) is 144 cm³/mol. The maximum absolute atomic E-state index is 13.1. The number of hydrogen-bond acceptors (Lipinski definition) is 6.